The molecule has 0 aliphatic carbocycles. The molecule has 0 saturated carbocycles. The smallest absolute Gasteiger partial charge is 0.232 e. The second kappa shape index (κ2) is 8.35. The van der Waals surface area contributed by atoms with Gasteiger partial charge in [-0.3, -0.25) is 4.31 Å². The summed E-state index contributed by atoms with van der Waals surface area (Å²) in [5, 5.41) is 0. The standard InChI is InChI=1S/C15H25N3O5S2/c1-3-25(21,22)16-8-9-18(24(2,19)20)15-7-5-4-6-14(15)17-10-12-23-13-11-17/h4-7,16H,3,8-13H2,1-2H3. The molecule has 25 heavy (non-hydrogen) atoms. The molecular formula is C15H25N3O5S2. The monoisotopic (exact) mass is 391 g/mol. The van der Waals surface area contributed by atoms with E-state index in [1.54, 1.807) is 12.1 Å². The number of anilines is 2. The van der Waals surface area contributed by atoms with Crippen LogP contribution >= 0.6 is 0 Å². The molecule has 2 rings (SSSR count). The van der Waals surface area contributed by atoms with Crippen molar-refractivity contribution in [1.82, 2.24) is 4.72 Å². The van der Waals surface area contributed by atoms with E-state index in [-0.39, 0.29) is 18.8 Å². The SMILES string of the molecule is CCS(=O)(=O)NCCN(c1ccccc1N1CCOCC1)S(C)(=O)=O. The van der Waals surface area contributed by atoms with E-state index in [1.807, 2.05) is 12.1 Å². The first-order valence-corrected chi connectivity index (χ1v) is 11.6. The number of rotatable bonds is 8. The van der Waals surface area contributed by atoms with Crippen molar-refractivity contribution in [1.29, 1.82) is 0 Å². The zero-order chi connectivity index (χ0) is 18.5. The maximum atomic E-state index is 12.3. The predicted molar refractivity (Wildman–Crippen MR) is 99.1 cm³/mol. The van der Waals surface area contributed by atoms with Crippen molar-refractivity contribution < 1.29 is 21.6 Å². The van der Waals surface area contributed by atoms with Crippen molar-refractivity contribution in [3.05, 3.63) is 24.3 Å². The Morgan fingerprint density at radius 3 is 2.40 bits per heavy atom. The van der Waals surface area contributed by atoms with Crippen LogP contribution in [0, 0.1) is 0 Å². The van der Waals surface area contributed by atoms with Crippen LogP contribution in [0.15, 0.2) is 24.3 Å². The topological polar surface area (TPSA) is 96.0 Å². The van der Waals surface area contributed by atoms with Crippen LogP contribution in [0.2, 0.25) is 0 Å². The fourth-order valence-electron chi connectivity index (χ4n) is 2.62. The van der Waals surface area contributed by atoms with Gasteiger partial charge in [-0.15, -0.1) is 0 Å². The minimum atomic E-state index is -3.56. The molecule has 1 fully saturated rings. The lowest BCUT2D eigenvalue weighted by Crippen LogP contribution is -2.41. The largest absolute Gasteiger partial charge is 0.378 e. The van der Waals surface area contributed by atoms with E-state index in [0.29, 0.717) is 32.0 Å². The minimum absolute atomic E-state index is 0.0146. The third-order valence-corrected chi connectivity index (χ3v) is 6.50. The maximum Gasteiger partial charge on any atom is 0.232 e. The molecule has 1 aromatic carbocycles. The first kappa shape index (κ1) is 20.0. The highest BCUT2D eigenvalue weighted by atomic mass is 32.2. The van der Waals surface area contributed by atoms with E-state index in [9.17, 15) is 16.8 Å². The first-order chi connectivity index (χ1) is 11.7. The fourth-order valence-corrected chi connectivity index (χ4v) is 4.16. The summed E-state index contributed by atoms with van der Waals surface area (Å²) in [5.74, 6) is -0.0454. The third-order valence-electron chi connectivity index (χ3n) is 3.92. The molecule has 142 valence electrons. The number of ether oxygens (including phenoxy) is 1. The Labute approximate surface area is 149 Å². The second-order valence-corrected chi connectivity index (χ2v) is 9.72. The summed E-state index contributed by atoms with van der Waals surface area (Å²) >= 11 is 0. The number of sulfonamides is 2. The molecule has 0 unspecified atom stereocenters. The summed E-state index contributed by atoms with van der Waals surface area (Å²) in [5.41, 5.74) is 1.34. The molecule has 1 N–H and O–H groups in total. The molecule has 0 spiro atoms. The summed E-state index contributed by atoms with van der Waals surface area (Å²) < 4.78 is 56.8. The molecule has 0 aromatic heterocycles. The van der Waals surface area contributed by atoms with Crippen molar-refractivity contribution in [3.8, 4) is 0 Å². The molecule has 8 nitrogen and oxygen atoms in total. The highest BCUT2D eigenvalue weighted by Crippen LogP contribution is 2.31. The Bertz CT molecular complexity index is 774. The van der Waals surface area contributed by atoms with Crippen LogP contribution in [0.1, 0.15) is 6.92 Å². The Hall–Kier alpha value is -1.36. The van der Waals surface area contributed by atoms with Gasteiger partial charge in [0.25, 0.3) is 0 Å². The molecule has 1 aliphatic rings. The minimum Gasteiger partial charge on any atom is -0.378 e. The van der Waals surface area contributed by atoms with Gasteiger partial charge >= 0.3 is 0 Å². The molecule has 0 atom stereocenters. The number of hydrogen-bond acceptors (Lipinski definition) is 6. The Balaban J connectivity index is 2.26. The van der Waals surface area contributed by atoms with Crippen molar-refractivity contribution in [2.24, 2.45) is 0 Å². The molecule has 0 bridgehead atoms. The average molecular weight is 392 g/mol. The Kier molecular flexibility index (Phi) is 6.66. The van der Waals surface area contributed by atoms with E-state index in [4.69, 9.17) is 4.74 Å². The van der Waals surface area contributed by atoms with Crippen LogP contribution in [-0.2, 0) is 24.8 Å². The molecule has 1 aliphatic heterocycles. The van der Waals surface area contributed by atoms with E-state index >= 15 is 0 Å². The van der Waals surface area contributed by atoms with Crippen molar-refractivity contribution in [3.63, 3.8) is 0 Å². The quantitative estimate of drug-likeness (QED) is 0.681. The summed E-state index contributed by atoms with van der Waals surface area (Å²) in [7, 11) is -6.93. The van der Waals surface area contributed by atoms with E-state index in [1.165, 1.54) is 11.2 Å². The highest BCUT2D eigenvalue weighted by Gasteiger charge is 2.23. The number of benzene rings is 1. The zero-order valence-electron chi connectivity index (χ0n) is 14.5. The molecule has 1 heterocycles. The molecule has 0 radical (unpaired) electrons. The second-order valence-electron chi connectivity index (χ2n) is 5.72. The molecule has 1 aromatic rings. The van der Waals surface area contributed by atoms with Gasteiger partial charge < -0.3 is 9.64 Å². The van der Waals surface area contributed by atoms with Gasteiger partial charge in [0, 0.05) is 26.2 Å². The highest BCUT2D eigenvalue weighted by molar-refractivity contribution is 7.92. The number of nitrogens with one attached hydrogen (secondary N) is 1. The summed E-state index contributed by atoms with van der Waals surface area (Å²) in [6.07, 6.45) is 1.12. The van der Waals surface area contributed by atoms with Crippen LogP contribution in [0.25, 0.3) is 0 Å². The van der Waals surface area contributed by atoms with Gasteiger partial charge in [0.2, 0.25) is 20.0 Å². The van der Waals surface area contributed by atoms with Gasteiger partial charge in [0.05, 0.1) is 36.6 Å². The van der Waals surface area contributed by atoms with Gasteiger partial charge in [-0.25, -0.2) is 21.6 Å². The van der Waals surface area contributed by atoms with Crippen molar-refractivity contribution in [2.75, 3.05) is 60.6 Å². The summed E-state index contributed by atoms with van der Waals surface area (Å²) in [6, 6.07) is 7.23. The lowest BCUT2D eigenvalue weighted by Gasteiger charge is -2.33. The molecular weight excluding hydrogens is 366 g/mol. The molecule has 0 amide bonds. The first-order valence-electron chi connectivity index (χ1n) is 8.11. The average Bonchev–Trinajstić information content (AvgIpc) is 2.58. The van der Waals surface area contributed by atoms with Crippen LogP contribution < -0.4 is 13.9 Å². The maximum absolute atomic E-state index is 12.3. The van der Waals surface area contributed by atoms with E-state index < -0.39 is 20.0 Å². The Morgan fingerprint density at radius 2 is 1.80 bits per heavy atom. The Morgan fingerprint density at radius 1 is 1.16 bits per heavy atom. The van der Waals surface area contributed by atoms with Crippen LogP contribution in [0.3, 0.4) is 0 Å². The number of para-hydroxylation sites is 2. The van der Waals surface area contributed by atoms with Gasteiger partial charge in [-0.2, -0.15) is 0 Å². The van der Waals surface area contributed by atoms with Gasteiger partial charge in [0.1, 0.15) is 0 Å². The summed E-state index contributed by atoms with van der Waals surface area (Å²) in [6.45, 7) is 4.10. The van der Waals surface area contributed by atoms with Crippen LogP contribution in [0.4, 0.5) is 11.4 Å². The fraction of sp³-hybridized carbons (Fsp3) is 0.600. The predicted octanol–water partition coefficient (Wildman–Crippen LogP) is 0.229. The van der Waals surface area contributed by atoms with Gasteiger partial charge in [-0.05, 0) is 19.1 Å². The zero-order valence-corrected chi connectivity index (χ0v) is 16.1. The number of hydrogen-bond donors (Lipinski definition) is 1. The van der Waals surface area contributed by atoms with E-state index in [2.05, 4.69) is 9.62 Å². The van der Waals surface area contributed by atoms with Gasteiger partial charge in [0.15, 0.2) is 0 Å². The number of morpholine rings is 1. The van der Waals surface area contributed by atoms with Crippen molar-refractivity contribution in [2.45, 2.75) is 6.92 Å². The molecule has 10 heteroatoms. The third kappa shape index (κ3) is 5.56. The lowest BCUT2D eigenvalue weighted by atomic mass is 10.2. The summed E-state index contributed by atoms with van der Waals surface area (Å²) in [4.78, 5) is 2.08. The van der Waals surface area contributed by atoms with Gasteiger partial charge in [-0.1, -0.05) is 12.1 Å². The lowest BCUT2D eigenvalue weighted by molar-refractivity contribution is 0.123. The normalized spacial score (nSPS) is 16.0. The van der Waals surface area contributed by atoms with E-state index in [0.717, 1.165) is 11.9 Å². The molecule has 1 saturated heterocycles. The van der Waals surface area contributed by atoms with Crippen LogP contribution in [-0.4, -0.2) is 68.2 Å². The van der Waals surface area contributed by atoms with Crippen LogP contribution in [0.5, 0.6) is 0 Å². The number of nitrogens with zero attached hydrogens (tertiary/aromatic N) is 2. The van der Waals surface area contributed by atoms with Crippen molar-refractivity contribution >= 4 is 31.4 Å².